The lowest BCUT2D eigenvalue weighted by Crippen LogP contribution is -2.50. The lowest BCUT2D eigenvalue weighted by molar-refractivity contribution is -0.127. The van der Waals surface area contributed by atoms with E-state index in [2.05, 4.69) is 55.1 Å². The fourth-order valence-electron chi connectivity index (χ4n) is 4.74. The van der Waals surface area contributed by atoms with Gasteiger partial charge in [-0.05, 0) is 46.9 Å². The molecule has 4 aromatic rings. The van der Waals surface area contributed by atoms with Gasteiger partial charge < -0.3 is 9.88 Å². The van der Waals surface area contributed by atoms with Crippen LogP contribution in [0.15, 0.2) is 85.6 Å². The van der Waals surface area contributed by atoms with E-state index in [0.717, 1.165) is 23.4 Å². The molecule has 0 bridgehead atoms. The highest BCUT2D eigenvalue weighted by molar-refractivity contribution is 5.82. The highest BCUT2D eigenvalue weighted by Gasteiger charge is 2.31. The zero-order valence-electron chi connectivity index (χ0n) is 20.0. The molecular formula is C29H28N6O. The number of fused-ring (bicyclic) bond motifs is 1. The average molecular weight is 477 g/mol. The Morgan fingerprint density at radius 3 is 2.58 bits per heavy atom. The van der Waals surface area contributed by atoms with Gasteiger partial charge in [0.2, 0.25) is 5.91 Å². The van der Waals surface area contributed by atoms with Crippen LogP contribution in [0.3, 0.4) is 0 Å². The van der Waals surface area contributed by atoms with Gasteiger partial charge in [0.15, 0.2) is 0 Å². The Labute approximate surface area is 211 Å². The zero-order valence-corrected chi connectivity index (χ0v) is 20.0. The SMILES string of the molecule is N#Cc1ccc(Cn2cncc2CCNC(=O)C2Cc3ccccc3CN2Cc2cccnc2)cc1. The van der Waals surface area contributed by atoms with Gasteiger partial charge in [-0.15, -0.1) is 0 Å². The Balaban J connectivity index is 1.22. The van der Waals surface area contributed by atoms with Crippen molar-refractivity contribution in [2.45, 2.75) is 38.5 Å². The van der Waals surface area contributed by atoms with Crippen molar-refractivity contribution in [3.63, 3.8) is 0 Å². The molecule has 1 amide bonds. The molecule has 2 aromatic heterocycles. The molecule has 1 aliphatic heterocycles. The number of imidazole rings is 1. The molecule has 36 heavy (non-hydrogen) atoms. The molecule has 0 spiro atoms. The Morgan fingerprint density at radius 1 is 0.972 bits per heavy atom. The number of nitrogens with zero attached hydrogens (tertiary/aromatic N) is 5. The quantitative estimate of drug-likeness (QED) is 0.421. The first-order valence-corrected chi connectivity index (χ1v) is 12.1. The van der Waals surface area contributed by atoms with E-state index in [4.69, 9.17) is 5.26 Å². The maximum atomic E-state index is 13.4. The van der Waals surface area contributed by atoms with Crippen molar-refractivity contribution in [3.05, 3.63) is 119 Å². The molecule has 0 saturated heterocycles. The summed E-state index contributed by atoms with van der Waals surface area (Å²) >= 11 is 0. The number of hydrogen-bond acceptors (Lipinski definition) is 5. The fraction of sp³-hybridized carbons (Fsp3) is 0.241. The van der Waals surface area contributed by atoms with Gasteiger partial charge >= 0.3 is 0 Å². The van der Waals surface area contributed by atoms with Crippen molar-refractivity contribution < 1.29 is 4.79 Å². The molecule has 1 unspecified atom stereocenters. The maximum absolute atomic E-state index is 13.4. The Morgan fingerprint density at radius 2 is 1.81 bits per heavy atom. The van der Waals surface area contributed by atoms with Gasteiger partial charge in [-0.1, -0.05) is 42.5 Å². The summed E-state index contributed by atoms with van der Waals surface area (Å²) in [4.78, 5) is 24.1. The van der Waals surface area contributed by atoms with Crippen LogP contribution < -0.4 is 5.32 Å². The minimum atomic E-state index is -0.233. The summed E-state index contributed by atoms with van der Waals surface area (Å²) in [5.74, 6) is 0.0477. The highest BCUT2D eigenvalue weighted by Crippen LogP contribution is 2.25. The van der Waals surface area contributed by atoms with Crippen molar-refractivity contribution in [1.82, 2.24) is 24.8 Å². The van der Waals surface area contributed by atoms with Crippen LogP contribution in [0.1, 0.15) is 33.5 Å². The van der Waals surface area contributed by atoms with Crippen LogP contribution in [0, 0.1) is 11.3 Å². The number of aromatic nitrogens is 3. The van der Waals surface area contributed by atoms with Crippen molar-refractivity contribution in [2.75, 3.05) is 6.54 Å². The van der Waals surface area contributed by atoms with Crippen LogP contribution in [-0.4, -0.2) is 37.9 Å². The van der Waals surface area contributed by atoms with E-state index >= 15 is 0 Å². The predicted octanol–water partition coefficient (Wildman–Crippen LogP) is 3.48. The lowest BCUT2D eigenvalue weighted by Gasteiger charge is -2.36. The molecule has 2 aromatic carbocycles. The van der Waals surface area contributed by atoms with Gasteiger partial charge in [-0.25, -0.2) is 4.98 Å². The van der Waals surface area contributed by atoms with Gasteiger partial charge in [0.05, 0.1) is 24.0 Å². The second kappa shape index (κ2) is 11.0. The highest BCUT2D eigenvalue weighted by atomic mass is 16.2. The van der Waals surface area contributed by atoms with Crippen molar-refractivity contribution in [2.24, 2.45) is 0 Å². The van der Waals surface area contributed by atoms with Crippen LogP contribution in [-0.2, 0) is 37.3 Å². The van der Waals surface area contributed by atoms with Crippen LogP contribution in [0.2, 0.25) is 0 Å². The Hall–Kier alpha value is -4.28. The van der Waals surface area contributed by atoms with Crippen molar-refractivity contribution >= 4 is 5.91 Å². The molecule has 7 nitrogen and oxygen atoms in total. The van der Waals surface area contributed by atoms with E-state index in [1.54, 1.807) is 6.20 Å². The molecule has 1 aliphatic rings. The summed E-state index contributed by atoms with van der Waals surface area (Å²) in [6.45, 7) is 2.63. The second-order valence-electron chi connectivity index (χ2n) is 9.12. The number of pyridine rings is 1. The zero-order chi connectivity index (χ0) is 24.7. The monoisotopic (exact) mass is 476 g/mol. The van der Waals surface area contributed by atoms with Crippen LogP contribution in [0.4, 0.5) is 0 Å². The third-order valence-corrected chi connectivity index (χ3v) is 6.67. The van der Waals surface area contributed by atoms with Crippen molar-refractivity contribution in [1.29, 1.82) is 5.26 Å². The van der Waals surface area contributed by atoms with E-state index in [1.165, 1.54) is 11.1 Å². The first-order valence-electron chi connectivity index (χ1n) is 12.1. The lowest BCUT2D eigenvalue weighted by atomic mass is 9.93. The molecule has 7 heteroatoms. The third kappa shape index (κ3) is 5.51. The number of hydrogen-bond donors (Lipinski definition) is 1. The number of nitriles is 1. The second-order valence-corrected chi connectivity index (χ2v) is 9.12. The largest absolute Gasteiger partial charge is 0.354 e. The predicted molar refractivity (Wildman–Crippen MR) is 137 cm³/mol. The molecule has 0 radical (unpaired) electrons. The topological polar surface area (TPSA) is 86.8 Å². The summed E-state index contributed by atoms with van der Waals surface area (Å²) < 4.78 is 2.08. The summed E-state index contributed by atoms with van der Waals surface area (Å²) in [5.41, 5.74) is 6.42. The summed E-state index contributed by atoms with van der Waals surface area (Å²) in [7, 11) is 0. The molecule has 180 valence electrons. The van der Waals surface area contributed by atoms with Gasteiger partial charge in [0, 0.05) is 56.9 Å². The molecule has 1 atom stereocenters. The van der Waals surface area contributed by atoms with Gasteiger partial charge in [-0.3, -0.25) is 14.7 Å². The van der Waals surface area contributed by atoms with Crippen LogP contribution in [0.5, 0.6) is 0 Å². The maximum Gasteiger partial charge on any atom is 0.237 e. The van der Waals surface area contributed by atoms with E-state index in [-0.39, 0.29) is 11.9 Å². The van der Waals surface area contributed by atoms with Gasteiger partial charge in [0.25, 0.3) is 0 Å². The van der Waals surface area contributed by atoms with E-state index < -0.39 is 0 Å². The number of nitrogens with one attached hydrogen (secondary N) is 1. The molecule has 0 saturated carbocycles. The average Bonchev–Trinajstić information content (AvgIpc) is 3.36. The number of rotatable bonds is 8. The minimum Gasteiger partial charge on any atom is -0.354 e. The first kappa shape index (κ1) is 23.5. The van der Waals surface area contributed by atoms with Gasteiger partial charge in [-0.2, -0.15) is 5.26 Å². The molecule has 3 heterocycles. The summed E-state index contributed by atoms with van der Waals surface area (Å²) in [5, 5.41) is 12.2. The molecular weight excluding hydrogens is 448 g/mol. The summed E-state index contributed by atoms with van der Waals surface area (Å²) in [6, 6.07) is 21.8. The smallest absolute Gasteiger partial charge is 0.237 e. The molecule has 0 fully saturated rings. The molecule has 0 aliphatic carbocycles. The van der Waals surface area contributed by atoms with E-state index in [1.807, 2.05) is 55.1 Å². The standard InChI is InChI=1S/C29H28N6O/c30-15-22-7-9-23(10-8-22)18-35-21-32-17-27(35)11-13-33-29(36)28-14-25-5-1-2-6-26(25)20-34(28)19-24-4-3-12-31-16-24/h1-10,12,16-17,21,28H,11,13-14,18-20H2,(H,33,36). The molecule has 5 rings (SSSR count). The summed E-state index contributed by atoms with van der Waals surface area (Å²) in [6.07, 6.45) is 8.67. The van der Waals surface area contributed by atoms with E-state index in [0.29, 0.717) is 38.0 Å². The number of benzene rings is 2. The molecule has 1 N–H and O–H groups in total. The van der Waals surface area contributed by atoms with Crippen LogP contribution >= 0.6 is 0 Å². The Bertz CT molecular complexity index is 1360. The van der Waals surface area contributed by atoms with Crippen molar-refractivity contribution in [3.8, 4) is 6.07 Å². The third-order valence-electron chi connectivity index (χ3n) is 6.67. The number of carbonyl (C=O) groups excluding carboxylic acids is 1. The fourth-order valence-corrected chi connectivity index (χ4v) is 4.74. The van der Waals surface area contributed by atoms with Crippen LogP contribution in [0.25, 0.3) is 0 Å². The van der Waals surface area contributed by atoms with E-state index in [9.17, 15) is 4.79 Å². The Kier molecular flexibility index (Phi) is 7.15. The first-order chi connectivity index (χ1) is 17.7. The number of carbonyl (C=O) groups is 1. The number of amides is 1. The minimum absolute atomic E-state index is 0.0477. The van der Waals surface area contributed by atoms with Gasteiger partial charge in [0.1, 0.15) is 0 Å². The normalized spacial score (nSPS) is 15.1.